The molecule has 2 aromatic carbocycles. The van der Waals surface area contributed by atoms with Crippen LogP contribution >= 0.6 is 0 Å². The third-order valence-corrected chi connectivity index (χ3v) is 3.58. The summed E-state index contributed by atoms with van der Waals surface area (Å²) >= 11 is 0. The van der Waals surface area contributed by atoms with Gasteiger partial charge < -0.3 is 20.1 Å². The summed E-state index contributed by atoms with van der Waals surface area (Å²) in [5.41, 5.74) is 2.53. The normalized spacial score (nSPS) is 11.4. The molecule has 2 N–H and O–H groups in total. The number of ether oxygens (including phenoxy) is 2. The molecule has 25 heavy (non-hydrogen) atoms. The van der Waals surface area contributed by atoms with Gasteiger partial charge in [-0.1, -0.05) is 42.5 Å². The average Bonchev–Trinajstić information content (AvgIpc) is 2.62. The van der Waals surface area contributed by atoms with Gasteiger partial charge in [-0.3, -0.25) is 4.79 Å². The Hall–Kier alpha value is -2.86. The molecule has 6 nitrogen and oxygen atoms in total. The van der Waals surface area contributed by atoms with E-state index >= 15 is 0 Å². The molecule has 6 heteroatoms. The van der Waals surface area contributed by atoms with Gasteiger partial charge in [0.05, 0.1) is 13.7 Å². The van der Waals surface area contributed by atoms with Crippen molar-refractivity contribution in [3.05, 3.63) is 65.7 Å². The molecule has 0 radical (unpaired) electrons. The molecule has 0 heterocycles. The van der Waals surface area contributed by atoms with E-state index in [4.69, 9.17) is 4.74 Å². The van der Waals surface area contributed by atoms with E-state index in [0.29, 0.717) is 18.7 Å². The zero-order chi connectivity index (χ0) is 18.1. The standard InChI is InChI=1S/C19H22N2O4/c1-24-13-15-9-6-10-16(11-15)20-18(22)17(21-19(23)25-2)12-14-7-4-3-5-8-14/h3-11,17H,12-13H2,1-2H3,(H,20,22)(H,21,23)/t17-/m0/s1. The predicted octanol–water partition coefficient (Wildman–Crippen LogP) is 2.74. The lowest BCUT2D eigenvalue weighted by Gasteiger charge is -2.18. The Morgan fingerprint density at radius 2 is 1.72 bits per heavy atom. The molecule has 0 spiro atoms. The maximum atomic E-state index is 12.6. The molecule has 0 saturated carbocycles. The van der Waals surface area contributed by atoms with Crippen molar-refractivity contribution in [2.45, 2.75) is 19.1 Å². The van der Waals surface area contributed by atoms with Crippen molar-refractivity contribution in [2.24, 2.45) is 0 Å². The minimum atomic E-state index is -0.749. The molecule has 0 aromatic heterocycles. The molecular weight excluding hydrogens is 320 g/mol. The van der Waals surface area contributed by atoms with Crippen LogP contribution in [0, 0.1) is 0 Å². The molecule has 0 fully saturated rings. The Bertz CT molecular complexity index is 704. The third kappa shape index (κ3) is 5.93. The first-order valence-corrected chi connectivity index (χ1v) is 7.89. The van der Waals surface area contributed by atoms with E-state index in [1.165, 1.54) is 7.11 Å². The fraction of sp³-hybridized carbons (Fsp3) is 0.263. The Kier molecular flexibility index (Phi) is 6.98. The first-order valence-electron chi connectivity index (χ1n) is 7.89. The van der Waals surface area contributed by atoms with Crippen molar-refractivity contribution in [3.63, 3.8) is 0 Å². The van der Waals surface area contributed by atoms with Crippen LogP contribution in [0.5, 0.6) is 0 Å². The second kappa shape index (κ2) is 9.44. The number of methoxy groups -OCH3 is 2. The minimum Gasteiger partial charge on any atom is -0.453 e. The summed E-state index contributed by atoms with van der Waals surface area (Å²) in [4.78, 5) is 24.2. The van der Waals surface area contributed by atoms with Crippen molar-refractivity contribution in [1.82, 2.24) is 5.32 Å². The van der Waals surface area contributed by atoms with E-state index in [0.717, 1.165) is 11.1 Å². The van der Waals surface area contributed by atoms with Crippen LogP contribution in [-0.2, 0) is 27.3 Å². The summed E-state index contributed by atoms with van der Waals surface area (Å²) in [6.45, 7) is 0.456. The number of nitrogens with one attached hydrogen (secondary N) is 2. The van der Waals surface area contributed by atoms with Gasteiger partial charge in [-0.05, 0) is 23.3 Å². The van der Waals surface area contributed by atoms with Crippen LogP contribution in [0.15, 0.2) is 54.6 Å². The number of amides is 2. The number of alkyl carbamates (subject to hydrolysis) is 1. The van der Waals surface area contributed by atoms with Gasteiger partial charge in [-0.2, -0.15) is 0 Å². The fourth-order valence-electron chi connectivity index (χ4n) is 2.40. The first-order chi connectivity index (χ1) is 12.1. The van der Waals surface area contributed by atoms with Gasteiger partial charge in [-0.15, -0.1) is 0 Å². The zero-order valence-electron chi connectivity index (χ0n) is 14.3. The lowest BCUT2D eigenvalue weighted by molar-refractivity contribution is -0.118. The number of hydrogen-bond acceptors (Lipinski definition) is 4. The largest absolute Gasteiger partial charge is 0.453 e. The highest BCUT2D eigenvalue weighted by molar-refractivity contribution is 5.96. The average molecular weight is 342 g/mol. The van der Waals surface area contributed by atoms with Crippen LogP contribution in [0.2, 0.25) is 0 Å². The number of anilines is 1. The summed E-state index contributed by atoms with van der Waals surface area (Å²) < 4.78 is 9.72. The number of carbonyl (C=O) groups excluding carboxylic acids is 2. The molecule has 0 aliphatic rings. The lowest BCUT2D eigenvalue weighted by Crippen LogP contribution is -2.45. The molecular formula is C19H22N2O4. The summed E-state index contributed by atoms with van der Waals surface area (Å²) in [5.74, 6) is -0.316. The van der Waals surface area contributed by atoms with Gasteiger partial charge in [0.1, 0.15) is 6.04 Å². The van der Waals surface area contributed by atoms with Gasteiger partial charge in [-0.25, -0.2) is 4.79 Å². The molecule has 0 bridgehead atoms. The van der Waals surface area contributed by atoms with Gasteiger partial charge in [0.2, 0.25) is 5.91 Å². The van der Waals surface area contributed by atoms with Crippen LogP contribution < -0.4 is 10.6 Å². The SMILES string of the molecule is COCc1cccc(NC(=O)[C@H](Cc2ccccc2)NC(=O)OC)c1. The van der Waals surface area contributed by atoms with Crippen molar-refractivity contribution in [1.29, 1.82) is 0 Å². The van der Waals surface area contributed by atoms with Crippen LogP contribution in [0.3, 0.4) is 0 Å². The molecule has 2 amide bonds. The maximum absolute atomic E-state index is 12.6. The van der Waals surface area contributed by atoms with E-state index < -0.39 is 12.1 Å². The molecule has 2 aromatic rings. The monoisotopic (exact) mass is 342 g/mol. The first kappa shape index (κ1) is 18.5. The molecule has 0 saturated heterocycles. The van der Waals surface area contributed by atoms with E-state index in [1.54, 1.807) is 13.2 Å². The van der Waals surface area contributed by atoms with E-state index in [9.17, 15) is 9.59 Å². The van der Waals surface area contributed by atoms with Crippen LogP contribution in [0.1, 0.15) is 11.1 Å². The van der Waals surface area contributed by atoms with E-state index in [-0.39, 0.29) is 5.91 Å². The highest BCUT2D eigenvalue weighted by Gasteiger charge is 2.21. The molecule has 0 aliphatic carbocycles. The highest BCUT2D eigenvalue weighted by Crippen LogP contribution is 2.13. The second-order valence-electron chi connectivity index (χ2n) is 5.50. The second-order valence-corrected chi connectivity index (χ2v) is 5.50. The topological polar surface area (TPSA) is 76.7 Å². The molecule has 1 atom stereocenters. The van der Waals surface area contributed by atoms with Gasteiger partial charge in [0, 0.05) is 19.2 Å². The third-order valence-electron chi connectivity index (χ3n) is 3.58. The Morgan fingerprint density at radius 3 is 2.40 bits per heavy atom. The molecule has 132 valence electrons. The van der Waals surface area contributed by atoms with Crippen molar-refractivity contribution < 1.29 is 19.1 Å². The minimum absolute atomic E-state index is 0.316. The molecule has 2 rings (SSSR count). The van der Waals surface area contributed by atoms with Crippen molar-refractivity contribution in [2.75, 3.05) is 19.5 Å². The van der Waals surface area contributed by atoms with E-state index in [1.807, 2.05) is 48.5 Å². The van der Waals surface area contributed by atoms with Gasteiger partial charge in [0.15, 0.2) is 0 Å². The van der Waals surface area contributed by atoms with Crippen LogP contribution in [-0.4, -0.2) is 32.3 Å². The Balaban J connectivity index is 2.11. The summed E-state index contributed by atoms with van der Waals surface area (Å²) in [7, 11) is 2.88. The lowest BCUT2D eigenvalue weighted by atomic mass is 10.1. The zero-order valence-corrected chi connectivity index (χ0v) is 14.3. The van der Waals surface area contributed by atoms with Gasteiger partial charge in [0.25, 0.3) is 0 Å². The van der Waals surface area contributed by atoms with Gasteiger partial charge >= 0.3 is 6.09 Å². The number of carbonyl (C=O) groups is 2. The van der Waals surface area contributed by atoms with Crippen molar-refractivity contribution >= 4 is 17.7 Å². The molecule has 0 unspecified atom stereocenters. The Morgan fingerprint density at radius 1 is 1.00 bits per heavy atom. The summed E-state index contributed by atoms with van der Waals surface area (Å²) in [5, 5.41) is 5.40. The Labute approximate surface area is 147 Å². The smallest absolute Gasteiger partial charge is 0.407 e. The van der Waals surface area contributed by atoms with E-state index in [2.05, 4.69) is 15.4 Å². The van der Waals surface area contributed by atoms with Crippen LogP contribution in [0.25, 0.3) is 0 Å². The fourth-order valence-corrected chi connectivity index (χ4v) is 2.40. The number of rotatable bonds is 7. The number of hydrogen-bond donors (Lipinski definition) is 2. The highest BCUT2D eigenvalue weighted by atomic mass is 16.5. The maximum Gasteiger partial charge on any atom is 0.407 e. The summed E-state index contributed by atoms with van der Waals surface area (Å²) in [6.07, 6.45) is -0.288. The quantitative estimate of drug-likeness (QED) is 0.811. The molecule has 0 aliphatic heterocycles. The predicted molar refractivity (Wildman–Crippen MR) is 95.3 cm³/mol. The van der Waals surface area contributed by atoms with Crippen LogP contribution in [0.4, 0.5) is 10.5 Å². The number of benzene rings is 2. The van der Waals surface area contributed by atoms with Crippen molar-refractivity contribution in [3.8, 4) is 0 Å². The summed E-state index contributed by atoms with van der Waals surface area (Å²) in [6, 6.07) is 16.1.